The van der Waals surface area contributed by atoms with Crippen LogP contribution in [0.4, 0.5) is 0 Å². The summed E-state index contributed by atoms with van der Waals surface area (Å²) >= 11 is 0. The van der Waals surface area contributed by atoms with E-state index in [-0.39, 0.29) is 17.7 Å². The molecule has 1 amide bonds. The van der Waals surface area contributed by atoms with Crippen LogP contribution in [0.25, 0.3) is 0 Å². The molecule has 0 radical (unpaired) electrons. The van der Waals surface area contributed by atoms with Crippen LogP contribution in [0.2, 0.25) is 0 Å². The van der Waals surface area contributed by atoms with Gasteiger partial charge in [-0.1, -0.05) is 44.2 Å². The zero-order valence-electron chi connectivity index (χ0n) is 8.03. The fourth-order valence-corrected chi connectivity index (χ4v) is 1.29. The molecule has 0 aliphatic carbocycles. The number of carbonyl (C=O) groups excluding carboxylic acids is 1. The van der Waals surface area contributed by atoms with E-state index in [4.69, 9.17) is 5.73 Å². The maximum atomic E-state index is 10.9. The molecule has 0 aliphatic heterocycles. The highest BCUT2D eigenvalue weighted by Crippen LogP contribution is 2.22. The molecule has 0 saturated carbocycles. The molecule has 0 fully saturated rings. The third kappa shape index (κ3) is 2.31. The van der Waals surface area contributed by atoms with Gasteiger partial charge in [0.15, 0.2) is 0 Å². The van der Waals surface area contributed by atoms with Crippen molar-refractivity contribution in [1.29, 1.82) is 0 Å². The van der Waals surface area contributed by atoms with Crippen LogP contribution in [-0.2, 0) is 4.79 Å². The van der Waals surface area contributed by atoms with Crippen molar-refractivity contribution in [2.75, 3.05) is 0 Å². The van der Waals surface area contributed by atoms with E-state index < -0.39 is 0 Å². The Labute approximate surface area is 78.8 Å². The van der Waals surface area contributed by atoms with Crippen LogP contribution in [0.15, 0.2) is 30.3 Å². The molecular weight excluding hydrogens is 162 g/mol. The second-order valence-electron chi connectivity index (χ2n) is 3.39. The molecule has 2 heteroatoms. The number of nitrogens with two attached hydrogens (primary N) is 1. The van der Waals surface area contributed by atoms with Gasteiger partial charge in [-0.05, 0) is 11.5 Å². The molecule has 0 heterocycles. The van der Waals surface area contributed by atoms with Gasteiger partial charge in [-0.15, -0.1) is 0 Å². The van der Waals surface area contributed by atoms with Crippen molar-refractivity contribution in [2.24, 2.45) is 11.7 Å². The summed E-state index contributed by atoms with van der Waals surface area (Å²) in [6.07, 6.45) is 0. The molecule has 2 nitrogen and oxygen atoms in total. The predicted molar refractivity (Wildman–Crippen MR) is 53.2 cm³/mol. The van der Waals surface area contributed by atoms with Crippen molar-refractivity contribution >= 4 is 5.91 Å². The van der Waals surface area contributed by atoms with Crippen molar-refractivity contribution in [2.45, 2.75) is 19.8 Å². The number of benzene rings is 1. The molecule has 0 aliphatic rings. The van der Waals surface area contributed by atoms with Gasteiger partial charge in [0.1, 0.15) is 0 Å². The first-order valence-electron chi connectivity index (χ1n) is 4.47. The van der Waals surface area contributed by atoms with Crippen molar-refractivity contribution in [3.05, 3.63) is 35.9 Å². The average molecular weight is 177 g/mol. The van der Waals surface area contributed by atoms with Gasteiger partial charge in [-0.25, -0.2) is 0 Å². The van der Waals surface area contributed by atoms with Crippen molar-refractivity contribution < 1.29 is 4.79 Å². The van der Waals surface area contributed by atoms with Gasteiger partial charge in [0.2, 0.25) is 5.91 Å². The van der Waals surface area contributed by atoms with Crippen LogP contribution in [0.1, 0.15) is 25.3 Å². The molecule has 0 unspecified atom stereocenters. The molecule has 0 saturated heterocycles. The summed E-state index contributed by atoms with van der Waals surface area (Å²) in [5.41, 5.74) is 6.40. The summed E-state index contributed by atoms with van der Waals surface area (Å²) in [7, 11) is 0. The Morgan fingerprint density at radius 2 is 1.77 bits per heavy atom. The van der Waals surface area contributed by atoms with Crippen LogP contribution >= 0.6 is 0 Å². The van der Waals surface area contributed by atoms with Gasteiger partial charge in [0.05, 0.1) is 0 Å². The summed E-state index contributed by atoms with van der Waals surface area (Å²) in [6.45, 7) is 3.88. The zero-order chi connectivity index (χ0) is 9.84. The summed E-state index contributed by atoms with van der Waals surface area (Å²) in [6, 6.07) is 9.94. The quantitative estimate of drug-likeness (QED) is 0.753. The molecule has 1 rings (SSSR count). The van der Waals surface area contributed by atoms with Gasteiger partial charge in [-0.2, -0.15) is 0 Å². The van der Waals surface area contributed by atoms with E-state index in [9.17, 15) is 4.79 Å². The molecule has 2 N–H and O–H groups in total. The fraction of sp³-hybridized carbons (Fsp3) is 0.364. The van der Waals surface area contributed by atoms with Crippen LogP contribution < -0.4 is 5.73 Å². The maximum absolute atomic E-state index is 10.9. The van der Waals surface area contributed by atoms with Crippen molar-refractivity contribution in [3.63, 3.8) is 0 Å². The molecule has 70 valence electrons. The smallest absolute Gasteiger partial charge is 0.220 e. The Balaban J connectivity index is 2.79. The predicted octanol–water partition coefficient (Wildman–Crippen LogP) is 1.91. The topological polar surface area (TPSA) is 43.1 Å². The lowest BCUT2D eigenvalue weighted by molar-refractivity contribution is -0.121. The lowest BCUT2D eigenvalue weighted by Gasteiger charge is -2.16. The van der Waals surface area contributed by atoms with E-state index in [1.54, 1.807) is 0 Å². The van der Waals surface area contributed by atoms with Gasteiger partial charge in [0, 0.05) is 5.92 Å². The molecule has 0 bridgehead atoms. The molecule has 1 aromatic carbocycles. The van der Waals surface area contributed by atoms with Crippen LogP contribution in [0.5, 0.6) is 0 Å². The Morgan fingerprint density at radius 3 is 2.23 bits per heavy atom. The largest absolute Gasteiger partial charge is 0.369 e. The first kappa shape index (κ1) is 9.78. The minimum Gasteiger partial charge on any atom is -0.369 e. The summed E-state index contributed by atoms with van der Waals surface area (Å²) in [4.78, 5) is 10.9. The summed E-state index contributed by atoms with van der Waals surface area (Å²) in [5, 5.41) is 0. The van der Waals surface area contributed by atoms with Gasteiger partial charge in [-0.3, -0.25) is 4.79 Å². The minimum absolute atomic E-state index is 0.109. The number of rotatable bonds is 3. The normalized spacial score (nSPS) is 14.9. The van der Waals surface area contributed by atoms with E-state index in [2.05, 4.69) is 0 Å². The summed E-state index contributed by atoms with van der Waals surface area (Å²) in [5.74, 6) is -0.155. The van der Waals surface area contributed by atoms with E-state index in [0.29, 0.717) is 0 Å². The van der Waals surface area contributed by atoms with Crippen LogP contribution in [0, 0.1) is 5.92 Å². The monoisotopic (exact) mass is 177 g/mol. The molecule has 0 spiro atoms. The standard InChI is InChI=1S/C11H15NO/c1-8(9(2)11(12)13)10-6-4-3-5-7-10/h3-9H,1-2H3,(H2,12,13)/t8-,9+/m1/s1. The SMILES string of the molecule is C[C@H](C(N)=O)[C@@H](C)c1ccccc1. The van der Waals surface area contributed by atoms with Crippen molar-refractivity contribution in [3.8, 4) is 0 Å². The molecule has 13 heavy (non-hydrogen) atoms. The molecule has 0 aromatic heterocycles. The van der Waals surface area contributed by atoms with Crippen LogP contribution in [0.3, 0.4) is 0 Å². The molecule has 1 aromatic rings. The number of primary amides is 1. The minimum atomic E-state index is -0.239. The van der Waals surface area contributed by atoms with E-state index >= 15 is 0 Å². The van der Waals surface area contributed by atoms with E-state index in [1.807, 2.05) is 44.2 Å². The van der Waals surface area contributed by atoms with E-state index in [1.165, 1.54) is 0 Å². The third-order valence-corrected chi connectivity index (χ3v) is 2.52. The molecular formula is C11H15NO. The summed E-state index contributed by atoms with van der Waals surface area (Å²) < 4.78 is 0. The second kappa shape index (κ2) is 4.08. The van der Waals surface area contributed by atoms with Gasteiger partial charge < -0.3 is 5.73 Å². The zero-order valence-corrected chi connectivity index (χ0v) is 8.03. The Hall–Kier alpha value is -1.31. The highest BCUT2D eigenvalue weighted by Gasteiger charge is 2.18. The second-order valence-corrected chi connectivity index (χ2v) is 3.39. The maximum Gasteiger partial charge on any atom is 0.220 e. The highest BCUT2D eigenvalue weighted by molar-refractivity contribution is 5.77. The molecule has 2 atom stereocenters. The van der Waals surface area contributed by atoms with Gasteiger partial charge >= 0.3 is 0 Å². The third-order valence-electron chi connectivity index (χ3n) is 2.52. The first-order chi connectivity index (χ1) is 6.13. The van der Waals surface area contributed by atoms with E-state index in [0.717, 1.165) is 5.56 Å². The van der Waals surface area contributed by atoms with Crippen molar-refractivity contribution in [1.82, 2.24) is 0 Å². The number of carbonyl (C=O) groups is 1. The van der Waals surface area contributed by atoms with Gasteiger partial charge in [0.25, 0.3) is 0 Å². The number of amides is 1. The lowest BCUT2D eigenvalue weighted by atomic mass is 9.89. The number of hydrogen-bond donors (Lipinski definition) is 1. The Bertz CT molecular complexity index is 281. The first-order valence-corrected chi connectivity index (χ1v) is 4.47. The van der Waals surface area contributed by atoms with Crippen LogP contribution in [-0.4, -0.2) is 5.91 Å². The Kier molecular flexibility index (Phi) is 3.07. The number of hydrogen-bond acceptors (Lipinski definition) is 1. The fourth-order valence-electron chi connectivity index (χ4n) is 1.29. The highest BCUT2D eigenvalue weighted by atomic mass is 16.1. The average Bonchev–Trinajstić information content (AvgIpc) is 2.17. The Morgan fingerprint density at radius 1 is 1.23 bits per heavy atom. The lowest BCUT2D eigenvalue weighted by Crippen LogP contribution is -2.24.